The lowest BCUT2D eigenvalue weighted by molar-refractivity contribution is 0.221. The standard InChI is InChI=1S/C15H22ClFN2/c1-10-4-2-5-11(8-10)15(19-18)9-12-13(16)6-3-7-14(12)17/h3,6-7,10-11,15,19H,2,4-5,8-9,18H2,1H3. The molecule has 4 heteroatoms. The SMILES string of the molecule is CC1CCCC(C(Cc2c(F)cccc2Cl)NN)C1. The second-order valence-corrected chi connectivity index (χ2v) is 6.12. The van der Waals surface area contributed by atoms with Gasteiger partial charge in [0.25, 0.3) is 0 Å². The third-order valence-corrected chi connectivity index (χ3v) is 4.60. The smallest absolute Gasteiger partial charge is 0.127 e. The topological polar surface area (TPSA) is 38.0 Å². The van der Waals surface area contributed by atoms with E-state index in [1.54, 1.807) is 12.1 Å². The summed E-state index contributed by atoms with van der Waals surface area (Å²) in [6, 6.07) is 4.92. The first-order valence-corrected chi connectivity index (χ1v) is 7.38. The molecule has 0 aliphatic heterocycles. The number of rotatable bonds is 4. The maximum Gasteiger partial charge on any atom is 0.127 e. The molecule has 0 spiro atoms. The molecule has 0 saturated heterocycles. The van der Waals surface area contributed by atoms with Crippen molar-refractivity contribution in [2.45, 2.75) is 45.1 Å². The Morgan fingerprint density at radius 1 is 1.47 bits per heavy atom. The molecule has 0 bridgehead atoms. The summed E-state index contributed by atoms with van der Waals surface area (Å²) in [4.78, 5) is 0. The Kier molecular flexibility index (Phi) is 5.20. The highest BCUT2D eigenvalue weighted by Gasteiger charge is 2.27. The lowest BCUT2D eigenvalue weighted by Gasteiger charge is -2.33. The predicted octanol–water partition coefficient (Wildman–Crippen LogP) is 3.68. The Hall–Kier alpha value is -0.640. The molecule has 106 valence electrons. The Bertz CT molecular complexity index is 404. The number of benzene rings is 1. The minimum absolute atomic E-state index is 0.0946. The molecule has 1 aliphatic carbocycles. The van der Waals surface area contributed by atoms with E-state index in [9.17, 15) is 4.39 Å². The first-order chi connectivity index (χ1) is 9.11. The first kappa shape index (κ1) is 14.8. The van der Waals surface area contributed by atoms with E-state index >= 15 is 0 Å². The molecule has 0 amide bonds. The van der Waals surface area contributed by atoms with Crippen LogP contribution in [0.2, 0.25) is 5.02 Å². The highest BCUT2D eigenvalue weighted by molar-refractivity contribution is 6.31. The summed E-state index contributed by atoms with van der Waals surface area (Å²) in [5.41, 5.74) is 3.44. The average molecular weight is 285 g/mol. The molecule has 0 heterocycles. The van der Waals surface area contributed by atoms with Crippen LogP contribution in [0, 0.1) is 17.7 Å². The molecule has 0 aromatic heterocycles. The van der Waals surface area contributed by atoms with E-state index in [0.29, 0.717) is 22.9 Å². The van der Waals surface area contributed by atoms with Crippen LogP contribution in [0.3, 0.4) is 0 Å². The zero-order chi connectivity index (χ0) is 13.8. The fourth-order valence-electron chi connectivity index (χ4n) is 3.16. The molecule has 1 saturated carbocycles. The number of nitrogens with two attached hydrogens (primary N) is 1. The molecule has 1 aliphatic rings. The molecule has 1 aromatic rings. The highest BCUT2D eigenvalue weighted by Crippen LogP contribution is 2.32. The van der Waals surface area contributed by atoms with E-state index in [-0.39, 0.29) is 11.9 Å². The van der Waals surface area contributed by atoms with Crippen molar-refractivity contribution in [2.75, 3.05) is 0 Å². The molecular weight excluding hydrogens is 263 g/mol. The van der Waals surface area contributed by atoms with Gasteiger partial charge in [0.2, 0.25) is 0 Å². The van der Waals surface area contributed by atoms with Gasteiger partial charge in [-0.1, -0.05) is 37.4 Å². The number of nitrogens with one attached hydrogen (secondary N) is 1. The van der Waals surface area contributed by atoms with Crippen LogP contribution < -0.4 is 11.3 Å². The number of hydrogen-bond acceptors (Lipinski definition) is 2. The van der Waals surface area contributed by atoms with Crippen LogP contribution in [0.1, 0.15) is 38.2 Å². The van der Waals surface area contributed by atoms with E-state index in [1.807, 2.05) is 0 Å². The Morgan fingerprint density at radius 3 is 2.89 bits per heavy atom. The molecule has 2 rings (SSSR count). The van der Waals surface area contributed by atoms with Crippen molar-refractivity contribution >= 4 is 11.6 Å². The molecule has 1 aromatic carbocycles. The zero-order valence-electron chi connectivity index (χ0n) is 11.3. The number of halogens is 2. The molecule has 1 fully saturated rings. The van der Waals surface area contributed by atoms with Crippen LogP contribution in [0.15, 0.2) is 18.2 Å². The minimum atomic E-state index is -0.239. The molecule has 3 unspecified atom stereocenters. The van der Waals surface area contributed by atoms with Gasteiger partial charge in [0.15, 0.2) is 0 Å². The maximum absolute atomic E-state index is 13.8. The van der Waals surface area contributed by atoms with E-state index in [1.165, 1.54) is 18.9 Å². The predicted molar refractivity (Wildman–Crippen MR) is 77.3 cm³/mol. The second kappa shape index (κ2) is 6.69. The van der Waals surface area contributed by atoms with Crippen molar-refractivity contribution in [3.63, 3.8) is 0 Å². The van der Waals surface area contributed by atoms with Crippen molar-refractivity contribution in [2.24, 2.45) is 17.7 Å². The van der Waals surface area contributed by atoms with Gasteiger partial charge in [-0.05, 0) is 43.2 Å². The van der Waals surface area contributed by atoms with E-state index < -0.39 is 0 Å². The number of hydrogen-bond donors (Lipinski definition) is 2. The summed E-state index contributed by atoms with van der Waals surface area (Å²) in [6.07, 6.45) is 5.38. The van der Waals surface area contributed by atoms with Gasteiger partial charge in [0, 0.05) is 16.6 Å². The van der Waals surface area contributed by atoms with Gasteiger partial charge in [-0.2, -0.15) is 0 Å². The zero-order valence-corrected chi connectivity index (χ0v) is 12.1. The summed E-state index contributed by atoms with van der Waals surface area (Å²) < 4.78 is 13.8. The first-order valence-electron chi connectivity index (χ1n) is 7.00. The third kappa shape index (κ3) is 3.68. The van der Waals surface area contributed by atoms with Crippen LogP contribution in [-0.2, 0) is 6.42 Å². The minimum Gasteiger partial charge on any atom is -0.271 e. The van der Waals surface area contributed by atoms with Crippen LogP contribution in [0.5, 0.6) is 0 Å². The largest absolute Gasteiger partial charge is 0.271 e. The van der Waals surface area contributed by atoms with Crippen LogP contribution in [0.4, 0.5) is 4.39 Å². The summed E-state index contributed by atoms with van der Waals surface area (Å²) in [7, 11) is 0. The van der Waals surface area contributed by atoms with Crippen LogP contribution >= 0.6 is 11.6 Å². The lowest BCUT2D eigenvalue weighted by Crippen LogP contribution is -2.44. The molecule has 3 atom stereocenters. The maximum atomic E-state index is 13.8. The third-order valence-electron chi connectivity index (χ3n) is 4.25. The average Bonchev–Trinajstić information content (AvgIpc) is 2.38. The molecule has 19 heavy (non-hydrogen) atoms. The monoisotopic (exact) mass is 284 g/mol. The van der Waals surface area contributed by atoms with Crippen molar-refractivity contribution in [1.82, 2.24) is 5.43 Å². The van der Waals surface area contributed by atoms with Crippen molar-refractivity contribution < 1.29 is 4.39 Å². The Labute approximate surface area is 119 Å². The van der Waals surface area contributed by atoms with Crippen LogP contribution in [-0.4, -0.2) is 6.04 Å². The van der Waals surface area contributed by atoms with Gasteiger partial charge in [0.1, 0.15) is 5.82 Å². The summed E-state index contributed by atoms with van der Waals surface area (Å²) in [5.74, 6) is 6.67. The fourth-order valence-corrected chi connectivity index (χ4v) is 3.40. The number of hydrazine groups is 1. The van der Waals surface area contributed by atoms with E-state index in [0.717, 1.165) is 18.8 Å². The normalized spacial score (nSPS) is 25.3. The van der Waals surface area contributed by atoms with Gasteiger partial charge in [0.05, 0.1) is 0 Å². The summed E-state index contributed by atoms with van der Waals surface area (Å²) in [6.45, 7) is 2.27. The quantitative estimate of drug-likeness (QED) is 0.654. The fraction of sp³-hybridized carbons (Fsp3) is 0.600. The van der Waals surface area contributed by atoms with Gasteiger partial charge >= 0.3 is 0 Å². The van der Waals surface area contributed by atoms with Crippen molar-refractivity contribution in [3.05, 3.63) is 34.6 Å². The van der Waals surface area contributed by atoms with Crippen LogP contribution in [0.25, 0.3) is 0 Å². The Balaban J connectivity index is 2.10. The lowest BCUT2D eigenvalue weighted by atomic mass is 9.77. The second-order valence-electron chi connectivity index (χ2n) is 5.71. The van der Waals surface area contributed by atoms with Gasteiger partial charge in [-0.3, -0.25) is 11.3 Å². The summed E-state index contributed by atoms with van der Waals surface area (Å²) in [5, 5.41) is 0.490. The van der Waals surface area contributed by atoms with Crippen molar-refractivity contribution in [1.29, 1.82) is 0 Å². The molecule has 0 radical (unpaired) electrons. The van der Waals surface area contributed by atoms with E-state index in [2.05, 4.69) is 12.3 Å². The van der Waals surface area contributed by atoms with Crippen molar-refractivity contribution in [3.8, 4) is 0 Å². The van der Waals surface area contributed by atoms with E-state index in [4.69, 9.17) is 17.4 Å². The van der Waals surface area contributed by atoms with Gasteiger partial charge in [-0.25, -0.2) is 4.39 Å². The molecule has 3 N–H and O–H groups in total. The molecular formula is C15H22ClFN2. The molecule has 2 nitrogen and oxygen atoms in total. The summed E-state index contributed by atoms with van der Waals surface area (Å²) >= 11 is 6.09. The van der Waals surface area contributed by atoms with Gasteiger partial charge < -0.3 is 0 Å². The van der Waals surface area contributed by atoms with Gasteiger partial charge in [-0.15, -0.1) is 0 Å². The Morgan fingerprint density at radius 2 is 2.26 bits per heavy atom. The highest BCUT2D eigenvalue weighted by atomic mass is 35.5.